The highest BCUT2D eigenvalue weighted by Gasteiger charge is 2.33. The lowest BCUT2D eigenvalue weighted by molar-refractivity contribution is -0.135. The van der Waals surface area contributed by atoms with Crippen molar-refractivity contribution >= 4 is 5.91 Å². The van der Waals surface area contributed by atoms with Crippen molar-refractivity contribution in [1.29, 1.82) is 0 Å². The summed E-state index contributed by atoms with van der Waals surface area (Å²) in [5, 5.41) is 3.27. The zero-order chi connectivity index (χ0) is 14.7. The smallest absolute Gasteiger partial charge is 0.239 e. The summed E-state index contributed by atoms with van der Waals surface area (Å²) in [6.07, 6.45) is 3.76. The summed E-state index contributed by atoms with van der Waals surface area (Å²) in [4.78, 5) is 16.9. The second-order valence-electron chi connectivity index (χ2n) is 6.32. The molecule has 0 bridgehead atoms. The quantitative estimate of drug-likeness (QED) is 0.771. The van der Waals surface area contributed by atoms with Crippen molar-refractivity contribution in [2.45, 2.75) is 37.5 Å². The third-order valence-corrected chi connectivity index (χ3v) is 4.89. The summed E-state index contributed by atoms with van der Waals surface area (Å²) >= 11 is 0. The fourth-order valence-electron chi connectivity index (χ4n) is 3.52. The lowest BCUT2D eigenvalue weighted by Crippen LogP contribution is -2.54. The molecule has 6 nitrogen and oxygen atoms in total. The van der Waals surface area contributed by atoms with Gasteiger partial charge >= 0.3 is 0 Å². The van der Waals surface area contributed by atoms with Gasteiger partial charge in [0.25, 0.3) is 0 Å². The van der Waals surface area contributed by atoms with Crippen molar-refractivity contribution in [3.8, 4) is 0 Å². The molecule has 0 aromatic rings. The van der Waals surface area contributed by atoms with Gasteiger partial charge in [0, 0.05) is 53.0 Å². The molecule has 3 atom stereocenters. The van der Waals surface area contributed by atoms with E-state index in [0.717, 1.165) is 52.3 Å². The first kappa shape index (κ1) is 15.2. The van der Waals surface area contributed by atoms with Crippen LogP contribution in [0.1, 0.15) is 19.3 Å². The molecule has 3 saturated heterocycles. The van der Waals surface area contributed by atoms with Crippen molar-refractivity contribution in [3.63, 3.8) is 0 Å². The SMILES string of the molecule is COC1CNC(C(=O)N2CCN(CC3CCCO3)CC2)C1. The Kier molecular flexibility index (Phi) is 5.11. The van der Waals surface area contributed by atoms with Crippen molar-refractivity contribution in [3.05, 3.63) is 0 Å². The van der Waals surface area contributed by atoms with Crippen LogP contribution < -0.4 is 5.32 Å². The molecule has 0 aromatic carbocycles. The number of rotatable bonds is 4. The van der Waals surface area contributed by atoms with Gasteiger partial charge < -0.3 is 19.7 Å². The van der Waals surface area contributed by atoms with Gasteiger partial charge in [-0.2, -0.15) is 0 Å². The minimum absolute atomic E-state index is 0.0559. The highest BCUT2D eigenvalue weighted by Crippen LogP contribution is 2.16. The number of nitrogens with one attached hydrogen (secondary N) is 1. The molecule has 0 spiro atoms. The summed E-state index contributed by atoms with van der Waals surface area (Å²) in [5.41, 5.74) is 0. The average Bonchev–Trinajstić information content (AvgIpc) is 3.18. The van der Waals surface area contributed by atoms with E-state index in [1.807, 2.05) is 4.90 Å². The molecule has 21 heavy (non-hydrogen) atoms. The lowest BCUT2D eigenvalue weighted by atomic mass is 10.1. The topological polar surface area (TPSA) is 54.0 Å². The Morgan fingerprint density at radius 3 is 2.76 bits per heavy atom. The number of hydrogen-bond donors (Lipinski definition) is 1. The van der Waals surface area contributed by atoms with E-state index >= 15 is 0 Å². The van der Waals surface area contributed by atoms with E-state index < -0.39 is 0 Å². The Morgan fingerprint density at radius 1 is 1.33 bits per heavy atom. The highest BCUT2D eigenvalue weighted by molar-refractivity contribution is 5.82. The van der Waals surface area contributed by atoms with Gasteiger partial charge in [-0.3, -0.25) is 9.69 Å². The Balaban J connectivity index is 1.41. The predicted molar refractivity (Wildman–Crippen MR) is 79.2 cm³/mol. The highest BCUT2D eigenvalue weighted by atomic mass is 16.5. The number of hydrogen-bond acceptors (Lipinski definition) is 5. The molecule has 6 heteroatoms. The van der Waals surface area contributed by atoms with E-state index in [2.05, 4.69) is 10.2 Å². The molecule has 1 N–H and O–H groups in total. The molecule has 0 aliphatic carbocycles. The Bertz CT molecular complexity index is 352. The van der Waals surface area contributed by atoms with Gasteiger partial charge in [-0.05, 0) is 19.3 Å². The molecular formula is C15H27N3O3. The maximum absolute atomic E-state index is 12.5. The second-order valence-corrected chi connectivity index (χ2v) is 6.32. The fraction of sp³-hybridized carbons (Fsp3) is 0.933. The number of nitrogens with zero attached hydrogens (tertiary/aromatic N) is 2. The minimum atomic E-state index is -0.0559. The summed E-state index contributed by atoms with van der Waals surface area (Å²) < 4.78 is 11.0. The standard InChI is InChI=1S/C15H27N3O3/c1-20-13-9-14(16-10-13)15(19)18-6-4-17(5-7-18)11-12-3-2-8-21-12/h12-14,16H,2-11H2,1H3. The number of piperazine rings is 1. The number of carbonyl (C=O) groups is 1. The number of methoxy groups -OCH3 is 1. The van der Waals surface area contributed by atoms with E-state index in [1.54, 1.807) is 7.11 Å². The van der Waals surface area contributed by atoms with E-state index in [9.17, 15) is 4.79 Å². The largest absolute Gasteiger partial charge is 0.380 e. The second kappa shape index (κ2) is 7.05. The zero-order valence-electron chi connectivity index (χ0n) is 12.9. The molecule has 0 aromatic heterocycles. The monoisotopic (exact) mass is 297 g/mol. The first-order chi connectivity index (χ1) is 10.3. The van der Waals surface area contributed by atoms with Gasteiger partial charge in [0.2, 0.25) is 5.91 Å². The Morgan fingerprint density at radius 2 is 2.14 bits per heavy atom. The van der Waals surface area contributed by atoms with Gasteiger partial charge in [-0.1, -0.05) is 0 Å². The van der Waals surface area contributed by atoms with Gasteiger partial charge in [-0.15, -0.1) is 0 Å². The lowest BCUT2D eigenvalue weighted by Gasteiger charge is -2.36. The molecule has 120 valence electrons. The summed E-state index contributed by atoms with van der Waals surface area (Å²) in [6, 6.07) is -0.0559. The van der Waals surface area contributed by atoms with Crippen molar-refractivity contribution in [1.82, 2.24) is 15.1 Å². The molecule has 3 unspecified atom stereocenters. The maximum Gasteiger partial charge on any atom is 0.239 e. The van der Waals surface area contributed by atoms with Crippen LogP contribution in [0, 0.1) is 0 Å². The number of amides is 1. The zero-order valence-corrected chi connectivity index (χ0v) is 12.9. The first-order valence-electron chi connectivity index (χ1n) is 8.15. The maximum atomic E-state index is 12.5. The normalized spacial score (nSPS) is 34.5. The van der Waals surface area contributed by atoms with Gasteiger partial charge in [0.05, 0.1) is 18.2 Å². The summed E-state index contributed by atoms with van der Waals surface area (Å²) in [7, 11) is 1.71. The Labute approximate surface area is 126 Å². The average molecular weight is 297 g/mol. The van der Waals surface area contributed by atoms with Crippen LogP contribution >= 0.6 is 0 Å². The van der Waals surface area contributed by atoms with Crippen molar-refractivity contribution in [2.75, 3.05) is 53.0 Å². The predicted octanol–water partition coefficient (Wildman–Crippen LogP) is -0.313. The van der Waals surface area contributed by atoms with Crippen molar-refractivity contribution < 1.29 is 14.3 Å². The van der Waals surface area contributed by atoms with E-state index in [1.165, 1.54) is 12.8 Å². The molecular weight excluding hydrogens is 270 g/mol. The third kappa shape index (κ3) is 3.74. The fourth-order valence-corrected chi connectivity index (χ4v) is 3.52. The summed E-state index contributed by atoms with van der Waals surface area (Å²) in [6.45, 7) is 6.32. The van der Waals surface area contributed by atoms with E-state index in [4.69, 9.17) is 9.47 Å². The van der Waals surface area contributed by atoms with Gasteiger partial charge in [0.1, 0.15) is 0 Å². The molecule has 0 saturated carbocycles. The molecule has 0 radical (unpaired) electrons. The Hall–Kier alpha value is -0.690. The minimum Gasteiger partial charge on any atom is -0.380 e. The number of ether oxygens (including phenoxy) is 2. The van der Waals surface area contributed by atoms with E-state index in [0.29, 0.717) is 6.10 Å². The third-order valence-electron chi connectivity index (χ3n) is 4.89. The van der Waals surface area contributed by atoms with Crippen LogP contribution in [-0.2, 0) is 14.3 Å². The van der Waals surface area contributed by atoms with Crippen molar-refractivity contribution in [2.24, 2.45) is 0 Å². The molecule has 3 aliphatic heterocycles. The van der Waals surface area contributed by atoms with Crippen LogP contribution in [-0.4, -0.2) is 86.9 Å². The van der Waals surface area contributed by atoms with E-state index in [-0.39, 0.29) is 18.1 Å². The van der Waals surface area contributed by atoms with Crippen LogP contribution in [0.5, 0.6) is 0 Å². The van der Waals surface area contributed by atoms with Crippen LogP contribution in [0.15, 0.2) is 0 Å². The van der Waals surface area contributed by atoms with Crippen LogP contribution in [0.3, 0.4) is 0 Å². The molecule has 3 rings (SSSR count). The molecule has 1 amide bonds. The number of carbonyl (C=O) groups excluding carboxylic acids is 1. The summed E-state index contributed by atoms with van der Waals surface area (Å²) in [5.74, 6) is 0.242. The molecule has 3 heterocycles. The van der Waals surface area contributed by atoms with Crippen LogP contribution in [0.2, 0.25) is 0 Å². The van der Waals surface area contributed by atoms with Crippen LogP contribution in [0.25, 0.3) is 0 Å². The first-order valence-corrected chi connectivity index (χ1v) is 8.15. The van der Waals surface area contributed by atoms with Gasteiger partial charge in [-0.25, -0.2) is 0 Å². The van der Waals surface area contributed by atoms with Crippen LogP contribution in [0.4, 0.5) is 0 Å². The molecule has 3 fully saturated rings. The van der Waals surface area contributed by atoms with Gasteiger partial charge in [0.15, 0.2) is 0 Å². The molecule has 3 aliphatic rings.